The molecule has 1 fully saturated rings. The molecule has 1 atom stereocenters. The zero-order chi connectivity index (χ0) is 15.7. The van der Waals surface area contributed by atoms with Crippen molar-refractivity contribution in [1.29, 1.82) is 0 Å². The van der Waals surface area contributed by atoms with Crippen molar-refractivity contribution in [2.24, 2.45) is 0 Å². The molecule has 1 aromatic heterocycles. The van der Waals surface area contributed by atoms with Crippen molar-refractivity contribution in [3.05, 3.63) is 53.6 Å². The van der Waals surface area contributed by atoms with Crippen LogP contribution >= 0.6 is 0 Å². The van der Waals surface area contributed by atoms with E-state index < -0.39 is 10.0 Å². The van der Waals surface area contributed by atoms with Gasteiger partial charge in [-0.15, -0.1) is 0 Å². The van der Waals surface area contributed by atoms with Crippen LogP contribution in [0.4, 0.5) is 0 Å². The second-order valence-electron chi connectivity index (χ2n) is 5.94. The molecule has 6 heteroatoms. The molecule has 1 unspecified atom stereocenters. The highest BCUT2D eigenvalue weighted by molar-refractivity contribution is 7.88. The van der Waals surface area contributed by atoms with E-state index in [1.807, 2.05) is 31.3 Å². The largest absolute Gasteiger partial charge is 0.328 e. The number of nitrogens with zero attached hydrogens (tertiary/aromatic N) is 3. The maximum Gasteiger partial charge on any atom is 0.211 e. The van der Waals surface area contributed by atoms with Crippen molar-refractivity contribution in [2.45, 2.75) is 25.8 Å². The second-order valence-corrected chi connectivity index (χ2v) is 7.92. The van der Waals surface area contributed by atoms with Crippen molar-refractivity contribution in [3.63, 3.8) is 0 Å². The van der Waals surface area contributed by atoms with Gasteiger partial charge in [0.2, 0.25) is 10.0 Å². The Kier molecular flexibility index (Phi) is 4.06. The first-order chi connectivity index (χ1) is 10.4. The highest BCUT2D eigenvalue weighted by atomic mass is 32.2. The van der Waals surface area contributed by atoms with Crippen LogP contribution in [0.3, 0.4) is 0 Å². The standard InChI is InChI=1S/C16H21N3O2S/c1-13-10-17-16(15-8-9-18(12-15)22(2,20)21)19(13)11-14-6-4-3-5-7-14/h3-7,10,15H,8-9,11-12H2,1-2H3. The summed E-state index contributed by atoms with van der Waals surface area (Å²) in [7, 11) is -3.11. The lowest BCUT2D eigenvalue weighted by Gasteiger charge is -2.16. The fourth-order valence-electron chi connectivity index (χ4n) is 3.02. The fourth-order valence-corrected chi connectivity index (χ4v) is 3.91. The molecule has 0 N–H and O–H groups in total. The maximum atomic E-state index is 11.7. The van der Waals surface area contributed by atoms with Crippen LogP contribution in [-0.2, 0) is 16.6 Å². The Morgan fingerprint density at radius 3 is 2.64 bits per heavy atom. The number of aryl methyl sites for hydroxylation is 1. The first-order valence-electron chi connectivity index (χ1n) is 7.46. The van der Waals surface area contributed by atoms with Crippen molar-refractivity contribution in [3.8, 4) is 0 Å². The smallest absolute Gasteiger partial charge is 0.211 e. The van der Waals surface area contributed by atoms with Gasteiger partial charge >= 0.3 is 0 Å². The van der Waals surface area contributed by atoms with Crippen LogP contribution in [0.2, 0.25) is 0 Å². The molecule has 118 valence electrons. The van der Waals surface area contributed by atoms with Crippen LogP contribution in [0.15, 0.2) is 36.5 Å². The van der Waals surface area contributed by atoms with Crippen LogP contribution in [-0.4, -0.2) is 41.6 Å². The minimum atomic E-state index is -3.11. The number of aromatic nitrogens is 2. The number of hydrogen-bond donors (Lipinski definition) is 0. The lowest BCUT2D eigenvalue weighted by Crippen LogP contribution is -2.27. The molecule has 1 saturated heterocycles. The van der Waals surface area contributed by atoms with Gasteiger partial charge in [0.25, 0.3) is 0 Å². The Morgan fingerprint density at radius 1 is 1.27 bits per heavy atom. The predicted octanol–water partition coefficient (Wildman–Crippen LogP) is 1.99. The van der Waals surface area contributed by atoms with E-state index in [1.165, 1.54) is 11.8 Å². The molecule has 0 aliphatic carbocycles. The lowest BCUT2D eigenvalue weighted by molar-refractivity contribution is 0.474. The Bertz CT molecular complexity index is 753. The summed E-state index contributed by atoms with van der Waals surface area (Å²) in [5.74, 6) is 1.17. The third-order valence-electron chi connectivity index (χ3n) is 4.25. The SMILES string of the molecule is Cc1cnc(C2CCN(S(C)(=O)=O)C2)n1Cc1ccccc1. The van der Waals surface area contributed by atoms with Gasteiger partial charge in [-0.25, -0.2) is 17.7 Å². The van der Waals surface area contributed by atoms with Crippen molar-refractivity contribution in [2.75, 3.05) is 19.3 Å². The average molecular weight is 319 g/mol. The Labute approximate surface area is 131 Å². The molecule has 0 spiro atoms. The monoisotopic (exact) mass is 319 g/mol. The van der Waals surface area contributed by atoms with Gasteiger partial charge in [0.1, 0.15) is 5.82 Å². The quantitative estimate of drug-likeness (QED) is 0.866. The molecule has 22 heavy (non-hydrogen) atoms. The summed E-state index contributed by atoms with van der Waals surface area (Å²) in [6, 6.07) is 10.3. The summed E-state index contributed by atoms with van der Waals surface area (Å²) < 4.78 is 27.1. The number of imidazole rings is 1. The molecule has 2 aromatic rings. The van der Waals surface area contributed by atoms with Crippen molar-refractivity contribution >= 4 is 10.0 Å². The van der Waals surface area contributed by atoms with E-state index in [2.05, 4.69) is 21.7 Å². The summed E-state index contributed by atoms with van der Waals surface area (Å²) in [6.45, 7) is 3.94. The van der Waals surface area contributed by atoms with Gasteiger partial charge in [-0.05, 0) is 18.9 Å². The summed E-state index contributed by atoms with van der Waals surface area (Å²) in [6.07, 6.45) is 3.98. The normalized spacial score (nSPS) is 19.6. The molecule has 1 aromatic carbocycles. The maximum absolute atomic E-state index is 11.7. The highest BCUT2D eigenvalue weighted by Gasteiger charge is 2.32. The van der Waals surface area contributed by atoms with E-state index in [-0.39, 0.29) is 5.92 Å². The summed E-state index contributed by atoms with van der Waals surface area (Å²) >= 11 is 0. The highest BCUT2D eigenvalue weighted by Crippen LogP contribution is 2.28. The van der Waals surface area contributed by atoms with Crippen LogP contribution in [0.5, 0.6) is 0 Å². The molecule has 0 radical (unpaired) electrons. The third kappa shape index (κ3) is 3.08. The predicted molar refractivity (Wildman–Crippen MR) is 86.3 cm³/mol. The van der Waals surface area contributed by atoms with E-state index in [0.29, 0.717) is 13.1 Å². The van der Waals surface area contributed by atoms with Crippen LogP contribution in [0.25, 0.3) is 0 Å². The summed E-state index contributed by atoms with van der Waals surface area (Å²) in [5, 5.41) is 0. The molecule has 1 aliphatic heterocycles. The molecule has 2 heterocycles. The molecule has 0 amide bonds. The number of benzene rings is 1. The molecule has 3 rings (SSSR count). The van der Waals surface area contributed by atoms with Crippen LogP contribution in [0.1, 0.15) is 29.4 Å². The minimum absolute atomic E-state index is 0.173. The number of hydrogen-bond acceptors (Lipinski definition) is 3. The Morgan fingerprint density at radius 2 is 2.00 bits per heavy atom. The van der Waals surface area contributed by atoms with Gasteiger partial charge in [-0.2, -0.15) is 0 Å². The van der Waals surface area contributed by atoms with E-state index in [4.69, 9.17) is 0 Å². The van der Waals surface area contributed by atoms with Gasteiger partial charge in [-0.3, -0.25) is 0 Å². The van der Waals surface area contributed by atoms with Crippen molar-refractivity contribution in [1.82, 2.24) is 13.9 Å². The van der Waals surface area contributed by atoms with E-state index in [9.17, 15) is 8.42 Å². The zero-order valence-electron chi connectivity index (χ0n) is 12.9. The lowest BCUT2D eigenvalue weighted by atomic mass is 10.1. The number of sulfonamides is 1. The Hall–Kier alpha value is -1.66. The van der Waals surface area contributed by atoms with Crippen LogP contribution in [0, 0.1) is 6.92 Å². The van der Waals surface area contributed by atoms with Gasteiger partial charge < -0.3 is 4.57 Å². The molecular weight excluding hydrogens is 298 g/mol. The van der Waals surface area contributed by atoms with Crippen molar-refractivity contribution < 1.29 is 8.42 Å². The molecule has 5 nitrogen and oxygen atoms in total. The first-order valence-corrected chi connectivity index (χ1v) is 9.31. The minimum Gasteiger partial charge on any atom is -0.328 e. The molecular formula is C16H21N3O2S. The van der Waals surface area contributed by atoms with E-state index >= 15 is 0 Å². The zero-order valence-corrected chi connectivity index (χ0v) is 13.8. The second kappa shape index (κ2) is 5.85. The summed E-state index contributed by atoms with van der Waals surface area (Å²) in [4.78, 5) is 4.55. The molecule has 0 bridgehead atoms. The van der Waals surface area contributed by atoms with Gasteiger partial charge in [0, 0.05) is 37.4 Å². The van der Waals surface area contributed by atoms with Crippen LogP contribution < -0.4 is 0 Å². The van der Waals surface area contributed by atoms with Gasteiger partial charge in [0.15, 0.2) is 0 Å². The average Bonchev–Trinajstić information content (AvgIpc) is 3.08. The number of rotatable bonds is 4. The van der Waals surface area contributed by atoms with E-state index in [1.54, 1.807) is 4.31 Å². The van der Waals surface area contributed by atoms with Gasteiger partial charge in [0.05, 0.1) is 6.26 Å². The van der Waals surface area contributed by atoms with E-state index in [0.717, 1.165) is 24.5 Å². The molecule has 0 saturated carbocycles. The molecule has 1 aliphatic rings. The summed E-state index contributed by atoms with van der Waals surface area (Å²) in [5.41, 5.74) is 2.33. The topological polar surface area (TPSA) is 55.2 Å². The fraction of sp³-hybridized carbons (Fsp3) is 0.438. The third-order valence-corrected chi connectivity index (χ3v) is 5.52. The first kappa shape index (κ1) is 15.2. The van der Waals surface area contributed by atoms with Gasteiger partial charge in [-0.1, -0.05) is 30.3 Å². The Balaban J connectivity index is 1.84.